The fraction of sp³-hybridized carbons (Fsp3) is 0.286. The first kappa shape index (κ1) is 25.3. The molecule has 0 bridgehead atoms. The molecule has 6 nitrogen and oxygen atoms in total. The molecule has 1 amide bonds. The number of aliphatic carboxylic acids is 1. The molecule has 2 N–H and O–H groups in total. The van der Waals surface area contributed by atoms with Gasteiger partial charge >= 0.3 is 5.97 Å². The summed E-state index contributed by atoms with van der Waals surface area (Å²) in [6, 6.07) is 9.29. The fourth-order valence-corrected chi connectivity index (χ4v) is 6.88. The molecule has 0 aliphatic heterocycles. The highest BCUT2D eigenvalue weighted by Crippen LogP contribution is 2.34. The van der Waals surface area contributed by atoms with E-state index in [4.69, 9.17) is 0 Å². The number of halogens is 3. The number of hydrogen-bond acceptors (Lipinski definition) is 3. The average molecular weight is 745 g/mol. The zero-order valence-electron chi connectivity index (χ0n) is 16.7. The first-order valence-electron chi connectivity index (χ1n) is 9.15. The highest BCUT2D eigenvalue weighted by atomic mass is 127. The van der Waals surface area contributed by atoms with Gasteiger partial charge in [0.15, 0.2) is 0 Å². The largest absolute Gasteiger partial charge is 0.481 e. The first-order valence-corrected chi connectivity index (χ1v) is 12.4. The second kappa shape index (κ2) is 11.6. The van der Waals surface area contributed by atoms with Gasteiger partial charge in [0, 0.05) is 26.9 Å². The molecule has 0 saturated heterocycles. The lowest BCUT2D eigenvalue weighted by molar-refractivity contribution is -0.141. The van der Waals surface area contributed by atoms with E-state index >= 15 is 0 Å². The topological polar surface area (TPSA) is 82.0 Å². The Morgan fingerprint density at radius 2 is 1.90 bits per heavy atom. The molecule has 160 valence electrons. The molecular formula is C21H22I3N3O3. The minimum atomic E-state index is -0.805. The van der Waals surface area contributed by atoms with E-state index in [0.29, 0.717) is 24.1 Å². The Morgan fingerprint density at radius 1 is 1.20 bits per heavy atom. The number of anilines is 1. The molecule has 0 radical (unpaired) electrons. The van der Waals surface area contributed by atoms with E-state index in [-0.39, 0.29) is 5.91 Å². The number of amides is 1. The highest BCUT2D eigenvalue weighted by molar-refractivity contribution is 14.1. The molecule has 0 fully saturated rings. The van der Waals surface area contributed by atoms with Gasteiger partial charge < -0.3 is 15.3 Å². The van der Waals surface area contributed by atoms with Gasteiger partial charge in [0.1, 0.15) is 0 Å². The molecular weight excluding hydrogens is 723 g/mol. The molecule has 0 aliphatic rings. The summed E-state index contributed by atoms with van der Waals surface area (Å²) in [4.78, 5) is 30.8. The lowest BCUT2D eigenvalue weighted by Crippen LogP contribution is -2.17. The van der Waals surface area contributed by atoms with Crippen LogP contribution in [0.15, 0.2) is 35.3 Å². The maximum absolute atomic E-state index is 13.1. The SMILES string of the molecule is CCC(Cc1cccc(NC(=O)c2c(I)cc(I)c(N=CN(C)C)c2I)c1)C(=O)O. The summed E-state index contributed by atoms with van der Waals surface area (Å²) in [5.74, 6) is -1.46. The predicted molar refractivity (Wildman–Crippen MR) is 146 cm³/mol. The number of carboxylic acid groups (broad SMARTS) is 1. The molecule has 30 heavy (non-hydrogen) atoms. The van der Waals surface area contributed by atoms with Gasteiger partial charge in [-0.3, -0.25) is 9.59 Å². The van der Waals surface area contributed by atoms with E-state index < -0.39 is 11.9 Å². The van der Waals surface area contributed by atoms with Gasteiger partial charge in [-0.1, -0.05) is 19.1 Å². The zero-order chi connectivity index (χ0) is 22.4. The summed E-state index contributed by atoms with van der Waals surface area (Å²) >= 11 is 6.55. The summed E-state index contributed by atoms with van der Waals surface area (Å²) in [7, 11) is 3.79. The second-order valence-corrected chi connectivity index (χ2v) is 10.3. The molecule has 2 aromatic rings. The van der Waals surface area contributed by atoms with Crippen molar-refractivity contribution in [1.29, 1.82) is 0 Å². The van der Waals surface area contributed by atoms with Crippen molar-refractivity contribution in [3.63, 3.8) is 0 Å². The van der Waals surface area contributed by atoms with E-state index in [9.17, 15) is 14.7 Å². The fourth-order valence-electron chi connectivity index (χ4n) is 2.74. The second-order valence-electron chi connectivity index (χ2n) is 6.89. The van der Waals surface area contributed by atoms with Crippen molar-refractivity contribution in [2.45, 2.75) is 19.8 Å². The van der Waals surface area contributed by atoms with E-state index in [2.05, 4.69) is 78.1 Å². The minimum Gasteiger partial charge on any atom is -0.481 e. The summed E-state index contributed by atoms with van der Waals surface area (Å²) in [6.07, 6.45) is 2.70. The maximum Gasteiger partial charge on any atom is 0.306 e. The number of nitrogens with zero attached hydrogens (tertiary/aromatic N) is 2. The molecule has 1 unspecified atom stereocenters. The van der Waals surface area contributed by atoms with Crippen LogP contribution in [-0.2, 0) is 11.2 Å². The van der Waals surface area contributed by atoms with Crippen molar-refractivity contribution in [3.05, 3.63) is 52.2 Å². The summed E-state index contributed by atoms with van der Waals surface area (Å²) in [5.41, 5.74) is 2.85. The van der Waals surface area contributed by atoms with Crippen molar-refractivity contribution in [3.8, 4) is 0 Å². The molecule has 0 heterocycles. The summed E-state index contributed by atoms with van der Waals surface area (Å²) in [6.45, 7) is 1.86. The van der Waals surface area contributed by atoms with Gasteiger partial charge in [0.05, 0.1) is 27.1 Å². The van der Waals surface area contributed by atoms with Crippen LogP contribution in [0.25, 0.3) is 0 Å². The number of hydrogen-bond donors (Lipinski definition) is 2. The van der Waals surface area contributed by atoms with Crippen LogP contribution in [0.3, 0.4) is 0 Å². The van der Waals surface area contributed by atoms with Crippen LogP contribution in [0.5, 0.6) is 0 Å². The number of carbonyl (C=O) groups is 2. The molecule has 0 spiro atoms. The van der Waals surface area contributed by atoms with E-state index in [1.165, 1.54) is 0 Å². The Bertz CT molecular complexity index is 977. The third kappa shape index (κ3) is 6.77. The Kier molecular flexibility index (Phi) is 9.78. The van der Waals surface area contributed by atoms with Gasteiger partial charge in [-0.05, 0) is 104 Å². The van der Waals surface area contributed by atoms with Crippen molar-refractivity contribution in [2.75, 3.05) is 19.4 Å². The quantitative estimate of drug-likeness (QED) is 0.209. The first-order chi connectivity index (χ1) is 14.1. The Balaban J connectivity index is 2.31. The number of nitrogens with one attached hydrogen (secondary N) is 1. The van der Waals surface area contributed by atoms with E-state index in [0.717, 1.165) is 22.0 Å². The van der Waals surface area contributed by atoms with Crippen LogP contribution in [0.2, 0.25) is 0 Å². The van der Waals surface area contributed by atoms with E-state index in [1.54, 1.807) is 12.4 Å². The molecule has 0 aromatic heterocycles. The van der Waals surface area contributed by atoms with Crippen LogP contribution < -0.4 is 5.32 Å². The number of aliphatic imine (C=N–C) groups is 1. The monoisotopic (exact) mass is 745 g/mol. The maximum atomic E-state index is 13.1. The minimum absolute atomic E-state index is 0.219. The van der Waals surface area contributed by atoms with Crippen molar-refractivity contribution < 1.29 is 14.7 Å². The molecule has 0 saturated carbocycles. The zero-order valence-corrected chi connectivity index (χ0v) is 23.2. The lowest BCUT2D eigenvalue weighted by Gasteiger charge is -2.14. The summed E-state index contributed by atoms with van der Waals surface area (Å²) < 4.78 is 2.60. The lowest BCUT2D eigenvalue weighted by atomic mass is 9.97. The molecule has 2 aromatic carbocycles. The van der Waals surface area contributed by atoms with Gasteiger partial charge in [-0.2, -0.15) is 0 Å². The van der Waals surface area contributed by atoms with E-state index in [1.807, 2.05) is 50.2 Å². The number of carboxylic acids is 1. The predicted octanol–water partition coefficient (Wildman–Crippen LogP) is 5.63. The van der Waals surface area contributed by atoms with Crippen LogP contribution >= 0.6 is 67.8 Å². The molecule has 1 atom stereocenters. The van der Waals surface area contributed by atoms with Crippen LogP contribution in [0, 0.1) is 16.6 Å². The standard InChI is InChI=1S/C21H22I3N3O3/c1-4-13(21(29)30)8-12-6-5-7-14(9-12)26-20(28)17-15(22)10-16(23)19(18(17)24)25-11-27(2)3/h5-7,9-11,13H,4,8H2,1-3H3,(H,26,28)(H,29,30). The number of carbonyl (C=O) groups excluding carboxylic acids is 1. The number of rotatable bonds is 8. The normalized spacial score (nSPS) is 12.1. The highest BCUT2D eigenvalue weighted by Gasteiger charge is 2.20. The summed E-state index contributed by atoms with van der Waals surface area (Å²) in [5, 5.41) is 12.3. The number of benzene rings is 2. The van der Waals surface area contributed by atoms with Crippen molar-refractivity contribution in [1.82, 2.24) is 4.90 Å². The van der Waals surface area contributed by atoms with Gasteiger partial charge in [-0.15, -0.1) is 0 Å². The van der Waals surface area contributed by atoms with Gasteiger partial charge in [0.25, 0.3) is 5.91 Å². The third-order valence-electron chi connectivity index (χ3n) is 4.30. The Morgan fingerprint density at radius 3 is 2.50 bits per heavy atom. The Hall–Kier alpha value is -0.960. The molecule has 2 rings (SSSR count). The smallest absolute Gasteiger partial charge is 0.306 e. The molecule has 9 heteroatoms. The third-order valence-corrected chi connectivity index (χ3v) is 7.02. The van der Waals surface area contributed by atoms with Crippen LogP contribution in [-0.4, -0.2) is 42.3 Å². The van der Waals surface area contributed by atoms with Crippen LogP contribution in [0.1, 0.15) is 29.3 Å². The van der Waals surface area contributed by atoms with Crippen LogP contribution in [0.4, 0.5) is 11.4 Å². The van der Waals surface area contributed by atoms with Crippen molar-refractivity contribution in [2.24, 2.45) is 10.9 Å². The Labute approximate surface area is 217 Å². The van der Waals surface area contributed by atoms with Crippen molar-refractivity contribution >= 4 is 97.4 Å². The van der Waals surface area contributed by atoms with Gasteiger partial charge in [0.2, 0.25) is 0 Å². The van der Waals surface area contributed by atoms with Gasteiger partial charge in [-0.25, -0.2) is 4.99 Å². The average Bonchev–Trinajstić information content (AvgIpc) is 2.65. The molecule has 0 aliphatic carbocycles.